The van der Waals surface area contributed by atoms with E-state index in [-0.39, 0.29) is 29.7 Å². The molecule has 3 amide bonds. The molecule has 0 aliphatic carbocycles. The summed E-state index contributed by atoms with van der Waals surface area (Å²) in [7, 11) is 0. The van der Waals surface area contributed by atoms with Gasteiger partial charge in [0, 0.05) is 37.9 Å². The van der Waals surface area contributed by atoms with Crippen LogP contribution >= 0.6 is 0 Å². The number of nitrogens with zero attached hydrogens (tertiary/aromatic N) is 3. The lowest BCUT2D eigenvalue weighted by atomic mass is 10.1. The first kappa shape index (κ1) is 18.5. The molecule has 1 saturated heterocycles. The summed E-state index contributed by atoms with van der Waals surface area (Å²) in [5.41, 5.74) is 6.41. The minimum Gasteiger partial charge on any atom is -0.364 e. The third-order valence-corrected chi connectivity index (χ3v) is 4.44. The molecule has 2 aromatic rings. The van der Waals surface area contributed by atoms with Crippen LogP contribution in [0.3, 0.4) is 0 Å². The quantitative estimate of drug-likeness (QED) is 0.863. The van der Waals surface area contributed by atoms with Gasteiger partial charge in [0.1, 0.15) is 11.5 Å². The van der Waals surface area contributed by atoms with Gasteiger partial charge in [0.2, 0.25) is 5.91 Å². The molecule has 0 bridgehead atoms. The molecule has 1 aromatic heterocycles. The monoisotopic (exact) mass is 370 g/mol. The summed E-state index contributed by atoms with van der Waals surface area (Å²) in [5.74, 6) is -1.25. The molecule has 2 N–H and O–H groups in total. The Morgan fingerprint density at radius 3 is 2.15 bits per heavy atom. The van der Waals surface area contributed by atoms with Crippen molar-refractivity contribution >= 4 is 17.7 Å². The minimum absolute atomic E-state index is 0.0718. The van der Waals surface area contributed by atoms with E-state index >= 15 is 0 Å². The lowest BCUT2D eigenvalue weighted by molar-refractivity contribution is -0.131. The van der Waals surface area contributed by atoms with E-state index in [1.165, 1.54) is 36.5 Å². The van der Waals surface area contributed by atoms with Gasteiger partial charge >= 0.3 is 0 Å². The van der Waals surface area contributed by atoms with E-state index in [4.69, 9.17) is 5.73 Å². The molecular weight excluding hydrogens is 351 g/mol. The fourth-order valence-corrected chi connectivity index (χ4v) is 2.90. The molecule has 140 valence electrons. The Labute approximate surface area is 155 Å². The van der Waals surface area contributed by atoms with Crippen molar-refractivity contribution in [3.05, 3.63) is 65.2 Å². The molecule has 1 aromatic carbocycles. The van der Waals surface area contributed by atoms with E-state index < -0.39 is 5.91 Å². The first-order valence-electron chi connectivity index (χ1n) is 8.51. The topological polar surface area (TPSA) is 96.6 Å². The Morgan fingerprint density at radius 1 is 0.963 bits per heavy atom. The lowest BCUT2D eigenvalue weighted by Gasteiger charge is -2.35. The summed E-state index contributed by atoms with van der Waals surface area (Å²) in [6.07, 6.45) is 1.63. The highest BCUT2D eigenvalue weighted by atomic mass is 19.1. The number of halogens is 1. The van der Waals surface area contributed by atoms with Gasteiger partial charge in [-0.15, -0.1) is 0 Å². The molecule has 0 atom stereocenters. The normalized spacial score (nSPS) is 14.1. The molecular formula is C19H19FN4O3. The van der Waals surface area contributed by atoms with Crippen molar-refractivity contribution in [1.29, 1.82) is 0 Å². The highest BCUT2D eigenvalue weighted by Crippen LogP contribution is 2.11. The third kappa shape index (κ3) is 4.46. The number of nitrogens with two attached hydrogens (primary N) is 1. The number of primary amides is 1. The van der Waals surface area contributed by atoms with Crippen LogP contribution in [0.4, 0.5) is 4.39 Å². The third-order valence-electron chi connectivity index (χ3n) is 4.44. The van der Waals surface area contributed by atoms with Crippen molar-refractivity contribution in [2.75, 3.05) is 26.2 Å². The number of benzene rings is 1. The zero-order chi connectivity index (χ0) is 19.4. The second kappa shape index (κ2) is 7.94. The summed E-state index contributed by atoms with van der Waals surface area (Å²) < 4.78 is 13.0. The van der Waals surface area contributed by atoms with Crippen molar-refractivity contribution in [2.24, 2.45) is 5.73 Å². The number of hydrogen-bond acceptors (Lipinski definition) is 4. The van der Waals surface area contributed by atoms with E-state index in [0.717, 1.165) is 0 Å². The standard InChI is InChI=1S/C19H19FN4O3/c20-15-4-2-14(3-5-15)19(27)24-9-7-23(8-10-24)17(25)11-13-1-6-16(18(21)26)22-12-13/h1-6,12H,7-11H2,(H2,21,26). The summed E-state index contributed by atoms with van der Waals surface area (Å²) >= 11 is 0. The van der Waals surface area contributed by atoms with Crippen LogP contribution in [0, 0.1) is 5.82 Å². The van der Waals surface area contributed by atoms with E-state index in [2.05, 4.69) is 4.98 Å². The molecule has 7 nitrogen and oxygen atoms in total. The van der Waals surface area contributed by atoms with Gasteiger partial charge in [-0.05, 0) is 35.9 Å². The summed E-state index contributed by atoms with van der Waals surface area (Å²) in [4.78, 5) is 43.1. The van der Waals surface area contributed by atoms with Gasteiger partial charge < -0.3 is 15.5 Å². The second-order valence-corrected chi connectivity index (χ2v) is 6.27. The smallest absolute Gasteiger partial charge is 0.267 e. The van der Waals surface area contributed by atoms with Crippen LogP contribution in [0.2, 0.25) is 0 Å². The van der Waals surface area contributed by atoms with E-state index in [1.54, 1.807) is 15.9 Å². The Bertz CT molecular complexity index is 844. The molecule has 8 heteroatoms. The van der Waals surface area contributed by atoms with E-state index in [1.807, 2.05) is 0 Å². The maximum absolute atomic E-state index is 13.0. The number of rotatable bonds is 4. The van der Waals surface area contributed by atoms with Crippen molar-refractivity contribution < 1.29 is 18.8 Å². The molecule has 0 saturated carbocycles. The van der Waals surface area contributed by atoms with Gasteiger partial charge in [0.15, 0.2) is 0 Å². The van der Waals surface area contributed by atoms with Crippen LogP contribution in [-0.2, 0) is 11.2 Å². The van der Waals surface area contributed by atoms with Gasteiger partial charge in [-0.1, -0.05) is 6.07 Å². The van der Waals surface area contributed by atoms with Gasteiger partial charge in [-0.25, -0.2) is 4.39 Å². The Hall–Kier alpha value is -3.29. The van der Waals surface area contributed by atoms with Crippen molar-refractivity contribution in [3.63, 3.8) is 0 Å². The minimum atomic E-state index is -0.616. The fourth-order valence-electron chi connectivity index (χ4n) is 2.90. The molecule has 1 aliphatic heterocycles. The average molecular weight is 370 g/mol. The molecule has 1 fully saturated rings. The lowest BCUT2D eigenvalue weighted by Crippen LogP contribution is -2.51. The van der Waals surface area contributed by atoms with Gasteiger partial charge in [-0.2, -0.15) is 0 Å². The molecule has 0 radical (unpaired) electrons. The van der Waals surface area contributed by atoms with Crippen molar-refractivity contribution in [2.45, 2.75) is 6.42 Å². The highest BCUT2D eigenvalue weighted by molar-refractivity contribution is 5.94. The zero-order valence-electron chi connectivity index (χ0n) is 14.6. The Balaban J connectivity index is 1.53. The van der Waals surface area contributed by atoms with Crippen LogP contribution in [0.15, 0.2) is 42.6 Å². The van der Waals surface area contributed by atoms with E-state index in [0.29, 0.717) is 37.3 Å². The SMILES string of the molecule is NC(=O)c1ccc(CC(=O)N2CCN(C(=O)c3ccc(F)cc3)CC2)cn1. The maximum atomic E-state index is 13.0. The van der Waals surface area contributed by atoms with E-state index in [9.17, 15) is 18.8 Å². The molecule has 27 heavy (non-hydrogen) atoms. The maximum Gasteiger partial charge on any atom is 0.267 e. The molecule has 2 heterocycles. The molecule has 1 aliphatic rings. The van der Waals surface area contributed by atoms with Crippen LogP contribution in [0.25, 0.3) is 0 Å². The molecule has 0 spiro atoms. The van der Waals surface area contributed by atoms with Gasteiger partial charge in [0.25, 0.3) is 11.8 Å². The zero-order valence-corrected chi connectivity index (χ0v) is 14.6. The number of pyridine rings is 1. The predicted molar refractivity (Wildman–Crippen MR) is 95.3 cm³/mol. The average Bonchev–Trinajstić information content (AvgIpc) is 2.68. The second-order valence-electron chi connectivity index (χ2n) is 6.27. The van der Waals surface area contributed by atoms with Crippen molar-refractivity contribution in [3.8, 4) is 0 Å². The summed E-state index contributed by atoms with van der Waals surface area (Å²) in [5, 5.41) is 0. The highest BCUT2D eigenvalue weighted by Gasteiger charge is 2.25. The van der Waals surface area contributed by atoms with Crippen LogP contribution < -0.4 is 5.73 Å². The summed E-state index contributed by atoms with van der Waals surface area (Å²) in [6, 6.07) is 8.56. The Morgan fingerprint density at radius 2 is 1.59 bits per heavy atom. The number of aromatic nitrogens is 1. The van der Waals surface area contributed by atoms with Crippen LogP contribution in [0.1, 0.15) is 26.4 Å². The summed E-state index contributed by atoms with van der Waals surface area (Å²) in [6.45, 7) is 1.69. The van der Waals surface area contributed by atoms with Gasteiger partial charge in [0.05, 0.1) is 6.42 Å². The molecule has 0 unspecified atom stereocenters. The first-order valence-corrected chi connectivity index (χ1v) is 8.51. The number of hydrogen-bond donors (Lipinski definition) is 1. The number of carbonyl (C=O) groups excluding carboxylic acids is 3. The Kier molecular flexibility index (Phi) is 5.44. The van der Waals surface area contributed by atoms with Crippen LogP contribution in [0.5, 0.6) is 0 Å². The van der Waals surface area contributed by atoms with Crippen LogP contribution in [-0.4, -0.2) is 58.7 Å². The first-order chi connectivity index (χ1) is 12.9. The molecule has 3 rings (SSSR count). The largest absolute Gasteiger partial charge is 0.364 e. The van der Waals surface area contributed by atoms with Crippen molar-refractivity contribution in [1.82, 2.24) is 14.8 Å². The predicted octanol–water partition coefficient (Wildman–Crippen LogP) is 0.847. The number of piperazine rings is 1. The number of amides is 3. The fraction of sp³-hybridized carbons (Fsp3) is 0.263. The van der Waals surface area contributed by atoms with Gasteiger partial charge in [-0.3, -0.25) is 19.4 Å². The number of carbonyl (C=O) groups is 3.